The number of sulfonamides is 1. The number of hydrogen-bond donors (Lipinski definition) is 3. The summed E-state index contributed by atoms with van der Waals surface area (Å²) in [5, 5.41) is -1.10. The molecule has 0 saturated carbocycles. The summed E-state index contributed by atoms with van der Waals surface area (Å²) in [6.07, 6.45) is 0. The molecule has 7 nitrogen and oxygen atoms in total. The highest BCUT2D eigenvalue weighted by atomic mass is 79.9. The minimum absolute atomic E-state index is 0.194. The monoisotopic (exact) mass is 391 g/mol. The van der Waals surface area contributed by atoms with Crippen LogP contribution < -0.4 is 15.6 Å². The van der Waals surface area contributed by atoms with Crippen molar-refractivity contribution in [3.8, 4) is 0 Å². The third-order valence-corrected chi connectivity index (χ3v) is 5.51. The smallest absolute Gasteiger partial charge is 0.313 e. The van der Waals surface area contributed by atoms with Gasteiger partial charge < -0.3 is 4.74 Å². The molecule has 0 spiro atoms. The number of nitrogens with one attached hydrogen (secondary N) is 3. The van der Waals surface area contributed by atoms with Crippen molar-refractivity contribution in [2.24, 2.45) is 5.92 Å². The summed E-state index contributed by atoms with van der Waals surface area (Å²) in [6.45, 7) is 3.99. The molecule has 1 heterocycles. The van der Waals surface area contributed by atoms with Crippen molar-refractivity contribution < 1.29 is 17.9 Å². The minimum atomic E-state index is -3.82. The lowest BCUT2D eigenvalue weighted by Gasteiger charge is -2.19. The second-order valence-corrected chi connectivity index (χ2v) is 7.59. The molecule has 2 atom stereocenters. The van der Waals surface area contributed by atoms with Crippen LogP contribution in [0, 0.1) is 12.8 Å². The lowest BCUT2D eigenvalue weighted by atomic mass is 10.2. The molecule has 0 aliphatic carbocycles. The second-order valence-electron chi connectivity index (χ2n) is 4.93. The predicted octanol–water partition coefficient (Wildman–Crippen LogP) is 1.11. The van der Waals surface area contributed by atoms with Crippen LogP contribution in [-0.4, -0.2) is 32.9 Å². The molecule has 0 bridgehead atoms. The summed E-state index contributed by atoms with van der Waals surface area (Å²) < 4.78 is 33.1. The number of benzene rings is 1. The van der Waals surface area contributed by atoms with E-state index in [9.17, 15) is 13.2 Å². The maximum atomic E-state index is 12.5. The number of anilines is 1. The van der Waals surface area contributed by atoms with Crippen molar-refractivity contribution in [3.63, 3.8) is 0 Å². The summed E-state index contributed by atoms with van der Waals surface area (Å²) in [4.78, 5) is 11.9. The maximum absolute atomic E-state index is 12.5. The molecule has 0 aromatic heterocycles. The van der Waals surface area contributed by atoms with Crippen molar-refractivity contribution in [1.29, 1.82) is 0 Å². The molecule has 1 fully saturated rings. The Hall–Kier alpha value is -1.16. The van der Waals surface area contributed by atoms with Crippen LogP contribution in [0.3, 0.4) is 0 Å². The van der Waals surface area contributed by atoms with Gasteiger partial charge in [0.1, 0.15) is 5.92 Å². The van der Waals surface area contributed by atoms with E-state index in [2.05, 4.69) is 31.5 Å². The number of carbonyl (C=O) groups is 1. The standard InChI is InChI=1S/C13H18BrN3O4S/c1-3-21-13(18)9-7-15-16-12(9)22(19,20)17-11-5-4-8(2)6-10(11)14/h4-6,9,12,15-17H,3,7H2,1-2H3. The highest BCUT2D eigenvalue weighted by Gasteiger charge is 2.42. The topological polar surface area (TPSA) is 96.5 Å². The van der Waals surface area contributed by atoms with Gasteiger partial charge in [-0.15, -0.1) is 0 Å². The van der Waals surface area contributed by atoms with Crippen LogP contribution in [0.4, 0.5) is 5.69 Å². The number of hydrogen-bond acceptors (Lipinski definition) is 6. The number of halogens is 1. The SMILES string of the molecule is CCOC(=O)C1CNNC1S(=O)(=O)Nc1ccc(C)cc1Br. The molecule has 122 valence electrons. The summed E-state index contributed by atoms with van der Waals surface area (Å²) in [7, 11) is -3.82. The fourth-order valence-corrected chi connectivity index (χ4v) is 4.36. The molecule has 2 rings (SSSR count). The number of carbonyl (C=O) groups excluding carboxylic acids is 1. The Kier molecular flexibility index (Phi) is 5.43. The Bertz CT molecular complexity index is 665. The first-order valence-corrected chi connectivity index (χ1v) is 9.12. The molecular formula is C13H18BrN3O4S. The van der Waals surface area contributed by atoms with Crippen molar-refractivity contribution in [3.05, 3.63) is 28.2 Å². The van der Waals surface area contributed by atoms with Gasteiger partial charge >= 0.3 is 5.97 Å². The van der Waals surface area contributed by atoms with Crippen LogP contribution in [0.1, 0.15) is 12.5 Å². The van der Waals surface area contributed by atoms with E-state index in [0.717, 1.165) is 5.56 Å². The van der Waals surface area contributed by atoms with Crippen LogP contribution in [-0.2, 0) is 19.6 Å². The van der Waals surface area contributed by atoms with Crippen LogP contribution in [0.2, 0.25) is 0 Å². The first kappa shape index (κ1) is 17.2. The molecule has 22 heavy (non-hydrogen) atoms. The first-order valence-electron chi connectivity index (χ1n) is 6.78. The molecule has 1 aliphatic rings. The molecule has 1 aromatic carbocycles. The molecule has 0 amide bonds. The zero-order valence-electron chi connectivity index (χ0n) is 12.2. The Balaban J connectivity index is 2.20. The predicted molar refractivity (Wildman–Crippen MR) is 86.5 cm³/mol. The van der Waals surface area contributed by atoms with Gasteiger partial charge in [-0.3, -0.25) is 14.9 Å². The summed E-state index contributed by atoms with van der Waals surface area (Å²) in [6, 6.07) is 5.27. The van der Waals surface area contributed by atoms with Gasteiger partial charge in [0, 0.05) is 11.0 Å². The minimum Gasteiger partial charge on any atom is -0.466 e. The zero-order valence-corrected chi connectivity index (χ0v) is 14.6. The molecule has 2 unspecified atom stereocenters. The van der Waals surface area contributed by atoms with Crippen LogP contribution in [0.25, 0.3) is 0 Å². The summed E-state index contributed by atoms with van der Waals surface area (Å²) >= 11 is 3.32. The zero-order chi connectivity index (χ0) is 16.3. The molecule has 3 N–H and O–H groups in total. The van der Waals surface area contributed by atoms with E-state index in [4.69, 9.17) is 4.74 Å². The lowest BCUT2D eigenvalue weighted by molar-refractivity contribution is -0.147. The van der Waals surface area contributed by atoms with E-state index >= 15 is 0 Å². The van der Waals surface area contributed by atoms with E-state index in [-0.39, 0.29) is 13.2 Å². The number of hydrazine groups is 1. The van der Waals surface area contributed by atoms with Gasteiger partial charge in [-0.1, -0.05) is 6.07 Å². The number of rotatable bonds is 5. The number of aryl methyl sites for hydroxylation is 1. The van der Waals surface area contributed by atoms with E-state index < -0.39 is 27.3 Å². The third-order valence-electron chi connectivity index (χ3n) is 3.23. The van der Waals surface area contributed by atoms with E-state index in [0.29, 0.717) is 10.2 Å². The average molecular weight is 392 g/mol. The Morgan fingerprint density at radius 3 is 2.86 bits per heavy atom. The highest BCUT2D eigenvalue weighted by molar-refractivity contribution is 9.10. The summed E-state index contributed by atoms with van der Waals surface area (Å²) in [5.74, 6) is -1.35. The van der Waals surface area contributed by atoms with Crippen molar-refractivity contribution >= 4 is 37.6 Å². The average Bonchev–Trinajstić information content (AvgIpc) is 2.92. The van der Waals surface area contributed by atoms with Crippen LogP contribution in [0.5, 0.6) is 0 Å². The van der Waals surface area contributed by atoms with Crippen molar-refractivity contribution in [2.75, 3.05) is 17.9 Å². The largest absolute Gasteiger partial charge is 0.466 e. The van der Waals surface area contributed by atoms with Crippen LogP contribution >= 0.6 is 15.9 Å². The molecule has 1 aromatic rings. The molecule has 1 aliphatic heterocycles. The number of ether oxygens (including phenoxy) is 1. The lowest BCUT2D eigenvalue weighted by Crippen LogP contribution is -2.44. The first-order chi connectivity index (χ1) is 10.3. The highest BCUT2D eigenvalue weighted by Crippen LogP contribution is 2.26. The van der Waals surface area contributed by atoms with E-state index in [1.165, 1.54) is 0 Å². The van der Waals surface area contributed by atoms with Gasteiger partial charge in [-0.25, -0.2) is 13.8 Å². The van der Waals surface area contributed by atoms with Gasteiger partial charge in [0.25, 0.3) is 10.0 Å². The van der Waals surface area contributed by atoms with Crippen LogP contribution in [0.15, 0.2) is 22.7 Å². The van der Waals surface area contributed by atoms with Crippen molar-refractivity contribution in [1.82, 2.24) is 10.9 Å². The third kappa shape index (κ3) is 3.78. The molecule has 0 radical (unpaired) electrons. The number of esters is 1. The summed E-state index contributed by atoms with van der Waals surface area (Å²) in [5.41, 5.74) is 6.73. The fraction of sp³-hybridized carbons (Fsp3) is 0.462. The van der Waals surface area contributed by atoms with Crippen molar-refractivity contribution in [2.45, 2.75) is 19.2 Å². The van der Waals surface area contributed by atoms with Gasteiger partial charge in [-0.05, 0) is 47.5 Å². The Morgan fingerprint density at radius 1 is 1.50 bits per heavy atom. The maximum Gasteiger partial charge on any atom is 0.313 e. The normalized spacial score (nSPS) is 21.6. The van der Waals surface area contributed by atoms with E-state index in [1.807, 2.05) is 6.92 Å². The molecule has 1 saturated heterocycles. The Labute approximate surface area is 138 Å². The quantitative estimate of drug-likeness (QED) is 0.650. The van der Waals surface area contributed by atoms with Gasteiger partial charge in [0.15, 0.2) is 5.37 Å². The Morgan fingerprint density at radius 2 is 2.23 bits per heavy atom. The van der Waals surface area contributed by atoms with Gasteiger partial charge in [-0.2, -0.15) is 0 Å². The van der Waals surface area contributed by atoms with E-state index in [1.54, 1.807) is 25.1 Å². The molecule has 9 heteroatoms. The van der Waals surface area contributed by atoms with Gasteiger partial charge in [0.05, 0.1) is 12.3 Å². The second kappa shape index (κ2) is 6.95. The van der Waals surface area contributed by atoms with Gasteiger partial charge in [0.2, 0.25) is 0 Å². The fourth-order valence-electron chi connectivity index (χ4n) is 2.15. The molecular weight excluding hydrogens is 374 g/mol.